The second kappa shape index (κ2) is 15.8. The van der Waals surface area contributed by atoms with Gasteiger partial charge in [-0.05, 0) is 109 Å². The van der Waals surface area contributed by atoms with Crippen LogP contribution in [0.15, 0.2) is 253 Å². The first kappa shape index (κ1) is 37.3. The average Bonchev–Trinajstić information content (AvgIpc) is 3.75. The van der Waals surface area contributed by atoms with Gasteiger partial charge in [0.15, 0.2) is 0 Å². The standard InChI is InChI=1S/C62H41NO/c1-3-17-43(18-4-1)52-37-36-48(51-30-14-22-42-21-7-8-27-50(42)51)40-59(52)63(49-26-13-25-46(39-49)47-35-38-56-55-29-10-12-34-60(55)64-61(56)41-47)58-33-11-9-28-54(58)57-32-16-24-45-23-15-31-53(62(45)57)44-19-5-2-6-20-44/h1-41H. The van der Waals surface area contributed by atoms with Crippen molar-refractivity contribution in [3.05, 3.63) is 249 Å². The van der Waals surface area contributed by atoms with Crippen LogP contribution >= 0.6 is 0 Å². The number of benzene rings is 11. The highest BCUT2D eigenvalue weighted by atomic mass is 16.3. The minimum absolute atomic E-state index is 0.880. The van der Waals surface area contributed by atoms with Gasteiger partial charge in [0, 0.05) is 27.6 Å². The van der Waals surface area contributed by atoms with Crippen LogP contribution in [-0.4, -0.2) is 0 Å². The van der Waals surface area contributed by atoms with Gasteiger partial charge < -0.3 is 9.32 Å². The van der Waals surface area contributed by atoms with Crippen molar-refractivity contribution in [2.45, 2.75) is 0 Å². The average molecular weight is 816 g/mol. The Morgan fingerprint density at radius 2 is 0.828 bits per heavy atom. The summed E-state index contributed by atoms with van der Waals surface area (Å²) >= 11 is 0. The Morgan fingerprint density at radius 1 is 0.266 bits per heavy atom. The van der Waals surface area contributed by atoms with Gasteiger partial charge in [0.1, 0.15) is 11.2 Å². The fourth-order valence-electron chi connectivity index (χ4n) is 9.68. The van der Waals surface area contributed by atoms with Crippen LogP contribution < -0.4 is 4.90 Å². The summed E-state index contributed by atoms with van der Waals surface area (Å²) in [6.45, 7) is 0. The number of nitrogens with zero attached hydrogens (tertiary/aromatic N) is 1. The van der Waals surface area contributed by atoms with Crippen LogP contribution in [0.4, 0.5) is 17.1 Å². The van der Waals surface area contributed by atoms with Crippen LogP contribution in [0, 0.1) is 0 Å². The van der Waals surface area contributed by atoms with E-state index < -0.39 is 0 Å². The number of para-hydroxylation sites is 2. The largest absolute Gasteiger partial charge is 0.456 e. The van der Waals surface area contributed by atoms with E-state index in [1.807, 2.05) is 12.1 Å². The molecule has 0 amide bonds. The number of hydrogen-bond acceptors (Lipinski definition) is 2. The van der Waals surface area contributed by atoms with Crippen LogP contribution in [0.2, 0.25) is 0 Å². The normalized spacial score (nSPS) is 11.4. The van der Waals surface area contributed by atoms with Crippen LogP contribution in [0.3, 0.4) is 0 Å². The molecule has 2 nitrogen and oxygen atoms in total. The molecule has 0 aliphatic heterocycles. The molecular weight excluding hydrogens is 775 g/mol. The minimum atomic E-state index is 0.880. The van der Waals surface area contributed by atoms with Crippen molar-refractivity contribution in [2.24, 2.45) is 0 Å². The van der Waals surface area contributed by atoms with Gasteiger partial charge in [0.2, 0.25) is 0 Å². The molecule has 0 saturated heterocycles. The Labute approximate surface area is 372 Å². The summed E-state index contributed by atoms with van der Waals surface area (Å²) in [6.07, 6.45) is 0. The van der Waals surface area contributed by atoms with Crippen molar-refractivity contribution in [1.82, 2.24) is 0 Å². The van der Waals surface area contributed by atoms with E-state index in [1.54, 1.807) is 0 Å². The van der Waals surface area contributed by atoms with Crippen LogP contribution in [0.5, 0.6) is 0 Å². The summed E-state index contributed by atoms with van der Waals surface area (Å²) < 4.78 is 6.41. The third kappa shape index (κ3) is 6.52. The van der Waals surface area contributed by atoms with Crippen molar-refractivity contribution in [2.75, 3.05) is 4.90 Å². The fourth-order valence-corrected chi connectivity index (χ4v) is 9.68. The van der Waals surface area contributed by atoms with E-state index in [-0.39, 0.29) is 0 Å². The lowest BCUT2D eigenvalue weighted by Crippen LogP contribution is -2.13. The highest BCUT2D eigenvalue weighted by Gasteiger charge is 2.24. The first-order valence-electron chi connectivity index (χ1n) is 21.9. The van der Waals surface area contributed by atoms with Gasteiger partial charge in [-0.15, -0.1) is 0 Å². The van der Waals surface area contributed by atoms with Gasteiger partial charge in [0.05, 0.1) is 11.4 Å². The number of rotatable bonds is 8. The highest BCUT2D eigenvalue weighted by molar-refractivity contribution is 6.10. The smallest absolute Gasteiger partial charge is 0.136 e. The lowest BCUT2D eigenvalue weighted by Gasteiger charge is -2.31. The van der Waals surface area contributed by atoms with E-state index in [1.165, 1.54) is 43.8 Å². The molecule has 0 unspecified atom stereocenters. The molecule has 12 rings (SSSR count). The van der Waals surface area contributed by atoms with Crippen molar-refractivity contribution >= 4 is 60.5 Å². The molecule has 0 aliphatic rings. The zero-order valence-electron chi connectivity index (χ0n) is 35.0. The van der Waals surface area contributed by atoms with E-state index in [9.17, 15) is 0 Å². The molecule has 300 valence electrons. The van der Waals surface area contributed by atoms with Crippen LogP contribution in [0.25, 0.3) is 99.1 Å². The zero-order valence-corrected chi connectivity index (χ0v) is 35.0. The van der Waals surface area contributed by atoms with E-state index in [0.717, 1.165) is 72.4 Å². The van der Waals surface area contributed by atoms with Gasteiger partial charge in [-0.25, -0.2) is 0 Å². The Morgan fingerprint density at radius 3 is 1.66 bits per heavy atom. The molecule has 12 aromatic rings. The van der Waals surface area contributed by atoms with E-state index in [2.05, 4.69) is 241 Å². The molecule has 1 aromatic heterocycles. The predicted molar refractivity (Wildman–Crippen MR) is 271 cm³/mol. The molecule has 0 aliphatic carbocycles. The Hall–Kier alpha value is -8.46. The maximum absolute atomic E-state index is 6.41. The Bertz CT molecular complexity index is 3670. The van der Waals surface area contributed by atoms with Crippen molar-refractivity contribution < 1.29 is 4.42 Å². The third-order valence-corrected chi connectivity index (χ3v) is 12.7. The molecule has 0 N–H and O–H groups in total. The number of fused-ring (bicyclic) bond motifs is 5. The van der Waals surface area contributed by atoms with Gasteiger partial charge in [-0.3, -0.25) is 0 Å². The summed E-state index contributed by atoms with van der Waals surface area (Å²) in [7, 11) is 0. The lowest BCUT2D eigenvalue weighted by molar-refractivity contribution is 0.669. The molecule has 0 fully saturated rings. The maximum atomic E-state index is 6.41. The molecule has 0 spiro atoms. The Kier molecular flexibility index (Phi) is 9.20. The van der Waals surface area contributed by atoms with E-state index in [4.69, 9.17) is 4.42 Å². The van der Waals surface area contributed by atoms with Gasteiger partial charge in [-0.2, -0.15) is 0 Å². The first-order valence-corrected chi connectivity index (χ1v) is 21.9. The molecule has 1 heterocycles. The molecule has 64 heavy (non-hydrogen) atoms. The van der Waals surface area contributed by atoms with Crippen LogP contribution in [0.1, 0.15) is 0 Å². The van der Waals surface area contributed by atoms with Crippen molar-refractivity contribution in [3.63, 3.8) is 0 Å². The lowest BCUT2D eigenvalue weighted by atomic mass is 9.90. The SMILES string of the molecule is c1ccc(-c2ccc(-c3cccc4ccccc34)cc2N(c2cccc(-c3ccc4c(c3)oc3ccccc34)c2)c2ccccc2-c2cccc3cccc(-c4ccccc4)c23)cc1. The Balaban J connectivity index is 1.13. The molecule has 0 saturated carbocycles. The maximum Gasteiger partial charge on any atom is 0.136 e. The van der Waals surface area contributed by atoms with Crippen LogP contribution in [-0.2, 0) is 0 Å². The summed E-state index contributed by atoms with van der Waals surface area (Å²) in [5.74, 6) is 0. The topological polar surface area (TPSA) is 16.4 Å². The van der Waals surface area contributed by atoms with Gasteiger partial charge in [-0.1, -0.05) is 206 Å². The summed E-state index contributed by atoms with van der Waals surface area (Å²) in [6, 6.07) is 90.0. The summed E-state index contributed by atoms with van der Waals surface area (Å²) in [4.78, 5) is 2.49. The van der Waals surface area contributed by atoms with Crippen molar-refractivity contribution in [3.8, 4) is 55.6 Å². The molecular formula is C62H41NO. The molecule has 0 radical (unpaired) electrons. The quantitative estimate of drug-likeness (QED) is 0.152. The van der Waals surface area contributed by atoms with Crippen molar-refractivity contribution in [1.29, 1.82) is 0 Å². The second-order valence-corrected chi connectivity index (χ2v) is 16.4. The number of hydrogen-bond donors (Lipinski definition) is 0. The molecule has 11 aromatic carbocycles. The second-order valence-electron chi connectivity index (χ2n) is 16.4. The molecule has 0 atom stereocenters. The fraction of sp³-hybridized carbons (Fsp3) is 0. The number of furan rings is 1. The summed E-state index contributed by atoms with van der Waals surface area (Å²) in [5.41, 5.74) is 16.5. The zero-order chi connectivity index (χ0) is 42.4. The monoisotopic (exact) mass is 815 g/mol. The van der Waals surface area contributed by atoms with E-state index >= 15 is 0 Å². The number of anilines is 3. The minimum Gasteiger partial charge on any atom is -0.456 e. The van der Waals surface area contributed by atoms with E-state index in [0.29, 0.717) is 0 Å². The molecule has 0 bridgehead atoms. The summed E-state index contributed by atoms with van der Waals surface area (Å²) in [5, 5.41) is 7.12. The highest BCUT2D eigenvalue weighted by Crippen LogP contribution is 2.49. The van der Waals surface area contributed by atoms with Gasteiger partial charge >= 0.3 is 0 Å². The van der Waals surface area contributed by atoms with Gasteiger partial charge in [0.25, 0.3) is 0 Å². The molecule has 2 heteroatoms. The predicted octanol–water partition coefficient (Wildman–Crippen LogP) is 17.7. The third-order valence-electron chi connectivity index (χ3n) is 12.7. The first-order chi connectivity index (χ1) is 31.7.